The van der Waals surface area contributed by atoms with Gasteiger partial charge < -0.3 is 10.2 Å². The van der Waals surface area contributed by atoms with Crippen molar-refractivity contribution in [1.82, 2.24) is 0 Å². The highest BCUT2D eigenvalue weighted by atomic mass is 32.2. The van der Waals surface area contributed by atoms with Crippen LogP contribution < -0.4 is 9.44 Å². The van der Waals surface area contributed by atoms with Crippen molar-refractivity contribution < 1.29 is 36.9 Å². The normalized spacial score (nSPS) is 11.7. The Bertz CT molecular complexity index is 1280. The molecule has 0 aliphatic rings. The number of rotatable bonds is 19. The molecule has 14 nitrogen and oxygen atoms in total. The number of aromatic hydroxyl groups is 2. The van der Waals surface area contributed by atoms with Crippen LogP contribution in [-0.2, 0) is 20.0 Å². The molecule has 2 aromatic carbocycles. The molecule has 0 aliphatic carbocycles. The number of nitrogens with one attached hydrogen (secondary N) is 2. The molecule has 0 aromatic heterocycles. The number of nitro groups is 2. The predicted molar refractivity (Wildman–Crippen MR) is 151 cm³/mol. The lowest BCUT2D eigenvalue weighted by molar-refractivity contribution is -0.385. The Labute approximate surface area is 232 Å². The van der Waals surface area contributed by atoms with Crippen molar-refractivity contribution in [3.63, 3.8) is 0 Å². The van der Waals surface area contributed by atoms with Crippen LogP contribution in [0.25, 0.3) is 0 Å². The van der Waals surface area contributed by atoms with Crippen LogP contribution in [0.15, 0.2) is 36.4 Å². The lowest BCUT2D eigenvalue weighted by atomic mass is 10.1. The van der Waals surface area contributed by atoms with Gasteiger partial charge in [-0.1, -0.05) is 51.4 Å². The summed E-state index contributed by atoms with van der Waals surface area (Å²) >= 11 is 0. The number of phenols is 2. The summed E-state index contributed by atoms with van der Waals surface area (Å²) in [6, 6.07) is 6.21. The fraction of sp³-hybridized carbons (Fsp3) is 0.500. The van der Waals surface area contributed by atoms with Crippen LogP contribution >= 0.6 is 0 Å². The smallest absolute Gasteiger partial charge is 0.271 e. The number of hydrogen-bond acceptors (Lipinski definition) is 10. The van der Waals surface area contributed by atoms with Crippen LogP contribution in [0, 0.1) is 20.2 Å². The second-order valence-corrected chi connectivity index (χ2v) is 13.0. The van der Waals surface area contributed by atoms with E-state index < -0.39 is 41.4 Å². The molecule has 16 heteroatoms. The first-order chi connectivity index (χ1) is 18.8. The Balaban J connectivity index is 1.55. The highest BCUT2D eigenvalue weighted by molar-refractivity contribution is 7.92. The molecule has 0 fully saturated rings. The maximum atomic E-state index is 12.2. The molecule has 0 radical (unpaired) electrons. The van der Waals surface area contributed by atoms with E-state index in [0.717, 1.165) is 74.9 Å². The highest BCUT2D eigenvalue weighted by Crippen LogP contribution is 2.30. The Morgan fingerprint density at radius 2 is 0.875 bits per heavy atom. The van der Waals surface area contributed by atoms with Crippen molar-refractivity contribution in [2.24, 2.45) is 0 Å². The van der Waals surface area contributed by atoms with Crippen LogP contribution in [0.4, 0.5) is 22.7 Å². The highest BCUT2D eigenvalue weighted by Gasteiger charge is 2.17. The van der Waals surface area contributed by atoms with Gasteiger partial charge in [0.25, 0.3) is 11.4 Å². The van der Waals surface area contributed by atoms with E-state index in [1.165, 1.54) is 0 Å². The fourth-order valence-electron chi connectivity index (χ4n) is 3.87. The van der Waals surface area contributed by atoms with E-state index in [1.807, 2.05) is 0 Å². The Kier molecular flexibility index (Phi) is 12.4. The summed E-state index contributed by atoms with van der Waals surface area (Å²) < 4.78 is 53.3. The summed E-state index contributed by atoms with van der Waals surface area (Å²) in [5, 5.41) is 41.2. The van der Waals surface area contributed by atoms with Gasteiger partial charge in [-0.2, -0.15) is 0 Å². The van der Waals surface area contributed by atoms with Gasteiger partial charge in [-0.15, -0.1) is 0 Å². The van der Waals surface area contributed by atoms with E-state index in [1.54, 1.807) is 0 Å². The molecule has 222 valence electrons. The van der Waals surface area contributed by atoms with Crippen molar-refractivity contribution in [3.8, 4) is 11.5 Å². The number of sulfonamides is 2. The van der Waals surface area contributed by atoms with Gasteiger partial charge in [0, 0.05) is 24.3 Å². The average molecular weight is 603 g/mol. The zero-order valence-corrected chi connectivity index (χ0v) is 23.5. The van der Waals surface area contributed by atoms with Crippen LogP contribution in [0.2, 0.25) is 0 Å². The lowest BCUT2D eigenvalue weighted by Crippen LogP contribution is -2.17. The molecule has 0 unspecified atom stereocenters. The monoisotopic (exact) mass is 602 g/mol. The van der Waals surface area contributed by atoms with Crippen LogP contribution in [0.5, 0.6) is 11.5 Å². The maximum absolute atomic E-state index is 12.2. The molecule has 0 bridgehead atoms. The lowest BCUT2D eigenvalue weighted by Gasteiger charge is -2.10. The molecular formula is C24H34N4O10S2. The number of phenolic OH excluding ortho intramolecular Hbond substituents is 2. The molecule has 0 amide bonds. The first-order valence-electron chi connectivity index (χ1n) is 12.8. The molecule has 0 saturated heterocycles. The summed E-state index contributed by atoms with van der Waals surface area (Å²) in [5.74, 6) is -1.14. The number of nitrogens with zero attached hydrogens (tertiary/aromatic N) is 2. The number of non-ortho nitro benzene ring substituents is 2. The third-order valence-corrected chi connectivity index (χ3v) is 8.70. The number of hydrogen-bond donors (Lipinski definition) is 4. The van der Waals surface area contributed by atoms with Crippen molar-refractivity contribution in [2.75, 3.05) is 20.9 Å². The molecule has 0 atom stereocenters. The fourth-order valence-corrected chi connectivity index (χ4v) is 6.24. The minimum Gasteiger partial charge on any atom is -0.506 e. The number of anilines is 2. The topological polar surface area (TPSA) is 219 Å². The van der Waals surface area contributed by atoms with Gasteiger partial charge in [0.05, 0.1) is 32.7 Å². The van der Waals surface area contributed by atoms with Gasteiger partial charge >= 0.3 is 0 Å². The Hall–Kier alpha value is -3.66. The van der Waals surface area contributed by atoms with Crippen molar-refractivity contribution in [1.29, 1.82) is 0 Å². The van der Waals surface area contributed by atoms with Gasteiger partial charge in [-0.3, -0.25) is 29.7 Å². The summed E-state index contributed by atoms with van der Waals surface area (Å²) in [5.41, 5.74) is -1.14. The van der Waals surface area contributed by atoms with E-state index in [2.05, 4.69) is 9.44 Å². The van der Waals surface area contributed by atoms with Crippen molar-refractivity contribution in [3.05, 3.63) is 56.6 Å². The zero-order valence-electron chi connectivity index (χ0n) is 21.8. The number of nitro benzene ring substituents is 2. The molecule has 4 N–H and O–H groups in total. The summed E-state index contributed by atoms with van der Waals surface area (Å²) in [4.78, 5) is 20.3. The number of benzene rings is 2. The summed E-state index contributed by atoms with van der Waals surface area (Å²) in [7, 11) is -7.53. The van der Waals surface area contributed by atoms with E-state index in [4.69, 9.17) is 0 Å². The molecule has 0 aliphatic heterocycles. The Morgan fingerprint density at radius 1 is 0.575 bits per heavy atom. The molecule has 0 heterocycles. The van der Waals surface area contributed by atoms with Gasteiger partial charge in [0.1, 0.15) is 11.5 Å². The van der Waals surface area contributed by atoms with Gasteiger partial charge in [0.2, 0.25) is 20.0 Å². The number of unbranched alkanes of at least 4 members (excludes halogenated alkanes) is 9. The molecule has 40 heavy (non-hydrogen) atoms. The minimum atomic E-state index is -3.77. The third kappa shape index (κ3) is 11.6. The standard InChI is InChI=1S/C24H34N4O10S2/c29-23-13-11-19(27(31)32)17-21(23)25-39(35,36)15-9-7-5-3-1-2-4-6-8-10-16-40(37,38)26-22-18-20(28(33)34)12-14-24(22)30/h11-14,17-18,25-26,29-30H,1-10,15-16H2. The largest absolute Gasteiger partial charge is 0.506 e. The van der Waals surface area contributed by atoms with E-state index in [9.17, 15) is 47.3 Å². The molecule has 0 saturated carbocycles. The van der Waals surface area contributed by atoms with E-state index in [0.29, 0.717) is 25.7 Å². The summed E-state index contributed by atoms with van der Waals surface area (Å²) in [6.45, 7) is 0. The summed E-state index contributed by atoms with van der Waals surface area (Å²) in [6.07, 6.45) is 7.62. The second kappa shape index (κ2) is 15.2. The molecule has 2 aromatic rings. The SMILES string of the molecule is O=[N+]([O-])c1ccc(O)c(NS(=O)(=O)CCCCCCCCCCCCS(=O)(=O)Nc2cc([N+](=O)[O-])ccc2O)c1. The van der Waals surface area contributed by atoms with Gasteiger partial charge in [-0.05, 0) is 25.0 Å². The first-order valence-corrected chi connectivity index (χ1v) is 16.1. The third-order valence-electron chi connectivity index (χ3n) is 5.99. The van der Waals surface area contributed by atoms with Crippen LogP contribution in [-0.4, -0.2) is 48.4 Å². The predicted octanol–water partition coefficient (Wildman–Crippen LogP) is 5.00. The maximum Gasteiger partial charge on any atom is 0.271 e. The van der Waals surface area contributed by atoms with E-state index >= 15 is 0 Å². The molecule has 0 spiro atoms. The average Bonchev–Trinajstić information content (AvgIpc) is 2.86. The molecular weight excluding hydrogens is 568 g/mol. The second-order valence-electron chi connectivity index (χ2n) is 9.29. The van der Waals surface area contributed by atoms with E-state index in [-0.39, 0.29) is 34.3 Å². The Morgan fingerprint density at radius 3 is 1.18 bits per heavy atom. The van der Waals surface area contributed by atoms with Crippen LogP contribution in [0.3, 0.4) is 0 Å². The van der Waals surface area contributed by atoms with Crippen molar-refractivity contribution in [2.45, 2.75) is 64.2 Å². The zero-order chi connectivity index (χ0) is 29.8. The van der Waals surface area contributed by atoms with Gasteiger partial charge in [-0.25, -0.2) is 16.8 Å². The minimum absolute atomic E-state index is 0.173. The molecule has 2 rings (SSSR count). The van der Waals surface area contributed by atoms with Crippen molar-refractivity contribution >= 4 is 42.8 Å². The quantitative estimate of drug-likeness (QED) is 0.0729. The van der Waals surface area contributed by atoms with Gasteiger partial charge in [0.15, 0.2) is 0 Å². The van der Waals surface area contributed by atoms with Crippen LogP contribution in [0.1, 0.15) is 64.2 Å². The first kappa shape index (κ1) is 32.6.